The first kappa shape index (κ1) is 19.5. The summed E-state index contributed by atoms with van der Waals surface area (Å²) in [6, 6.07) is 7.42. The number of hydrogen-bond donors (Lipinski definition) is 2. The van der Waals surface area contributed by atoms with E-state index in [1.165, 1.54) is 0 Å². The van der Waals surface area contributed by atoms with E-state index in [2.05, 4.69) is 15.8 Å². The van der Waals surface area contributed by atoms with Crippen LogP contribution in [0.5, 0.6) is 5.75 Å². The quantitative estimate of drug-likeness (QED) is 0.618. The van der Waals surface area contributed by atoms with Gasteiger partial charge in [0.25, 0.3) is 0 Å². The molecular formula is C17H25N3O4. The second-order valence-electron chi connectivity index (χ2n) is 6.26. The third kappa shape index (κ3) is 8.17. The lowest BCUT2D eigenvalue weighted by molar-refractivity contribution is -0.120. The Bertz CT molecular complexity index is 589. The average molecular weight is 335 g/mol. The highest BCUT2D eigenvalue weighted by atomic mass is 16.6. The van der Waals surface area contributed by atoms with Crippen LogP contribution in [0.2, 0.25) is 0 Å². The van der Waals surface area contributed by atoms with Crippen molar-refractivity contribution in [2.45, 2.75) is 46.3 Å². The minimum absolute atomic E-state index is 0.0892. The number of hydrazone groups is 1. The standard InChI is InChI=1S/C17H25N3O4/c1-12(19-20-16(22)24-17(2,3)4)10-15(21)18-11-13-6-8-14(23-5)9-7-13/h6-9H,10-11H2,1-5H3,(H,18,21)(H,20,22)/b19-12+. The van der Waals surface area contributed by atoms with Crippen LogP contribution in [0.15, 0.2) is 29.4 Å². The Labute approximate surface area is 142 Å². The topological polar surface area (TPSA) is 89.0 Å². The van der Waals surface area contributed by atoms with Gasteiger partial charge in [-0.3, -0.25) is 4.79 Å². The fourth-order valence-corrected chi connectivity index (χ4v) is 1.72. The molecule has 7 nitrogen and oxygen atoms in total. The Kier molecular flexibility index (Phi) is 7.23. The van der Waals surface area contributed by atoms with Gasteiger partial charge in [0.1, 0.15) is 11.4 Å². The van der Waals surface area contributed by atoms with Gasteiger partial charge >= 0.3 is 6.09 Å². The van der Waals surface area contributed by atoms with E-state index in [-0.39, 0.29) is 12.3 Å². The largest absolute Gasteiger partial charge is 0.497 e. The van der Waals surface area contributed by atoms with Crippen molar-refractivity contribution < 1.29 is 19.1 Å². The van der Waals surface area contributed by atoms with Gasteiger partial charge in [-0.15, -0.1) is 0 Å². The van der Waals surface area contributed by atoms with Crippen LogP contribution in [0.1, 0.15) is 39.7 Å². The number of amides is 2. The first-order valence-corrected chi connectivity index (χ1v) is 7.61. The lowest BCUT2D eigenvalue weighted by Crippen LogP contribution is -2.31. The zero-order valence-corrected chi connectivity index (χ0v) is 14.8. The highest BCUT2D eigenvalue weighted by Gasteiger charge is 2.15. The molecule has 1 aromatic rings. The predicted molar refractivity (Wildman–Crippen MR) is 91.9 cm³/mol. The second kappa shape index (κ2) is 8.90. The third-order valence-corrected chi connectivity index (χ3v) is 2.80. The number of nitrogens with zero attached hydrogens (tertiary/aromatic N) is 1. The van der Waals surface area contributed by atoms with Crippen molar-refractivity contribution in [2.75, 3.05) is 7.11 Å². The molecule has 132 valence electrons. The fraction of sp³-hybridized carbons (Fsp3) is 0.471. The zero-order chi connectivity index (χ0) is 18.2. The third-order valence-electron chi connectivity index (χ3n) is 2.80. The first-order chi connectivity index (χ1) is 11.2. The molecule has 2 amide bonds. The monoisotopic (exact) mass is 335 g/mol. The van der Waals surface area contributed by atoms with Gasteiger partial charge in [0.2, 0.25) is 5.91 Å². The fourth-order valence-electron chi connectivity index (χ4n) is 1.72. The molecule has 0 aliphatic carbocycles. The summed E-state index contributed by atoms with van der Waals surface area (Å²) in [6.07, 6.45) is -0.563. The number of carbonyl (C=O) groups is 2. The highest BCUT2D eigenvalue weighted by Crippen LogP contribution is 2.11. The number of ether oxygens (including phenoxy) is 2. The summed E-state index contributed by atoms with van der Waals surface area (Å²) in [5, 5.41) is 6.63. The van der Waals surface area contributed by atoms with Crippen molar-refractivity contribution in [3.8, 4) is 5.75 Å². The molecular weight excluding hydrogens is 310 g/mol. The van der Waals surface area contributed by atoms with Gasteiger partial charge in [0.05, 0.1) is 13.5 Å². The van der Waals surface area contributed by atoms with Gasteiger partial charge in [0, 0.05) is 12.3 Å². The Morgan fingerprint density at radius 2 is 1.79 bits per heavy atom. The predicted octanol–water partition coefficient (Wildman–Crippen LogP) is 2.60. The summed E-state index contributed by atoms with van der Waals surface area (Å²) in [4.78, 5) is 23.3. The van der Waals surface area contributed by atoms with Gasteiger partial charge in [-0.05, 0) is 45.4 Å². The zero-order valence-electron chi connectivity index (χ0n) is 14.8. The van der Waals surface area contributed by atoms with Crippen LogP contribution in [-0.2, 0) is 16.1 Å². The smallest absolute Gasteiger partial charge is 0.428 e. The maximum atomic E-state index is 11.9. The van der Waals surface area contributed by atoms with Gasteiger partial charge in [0.15, 0.2) is 0 Å². The number of rotatable bonds is 6. The molecule has 0 heterocycles. The van der Waals surface area contributed by atoms with E-state index in [9.17, 15) is 9.59 Å². The van der Waals surface area contributed by atoms with Crippen molar-refractivity contribution in [2.24, 2.45) is 5.10 Å². The molecule has 0 unspecified atom stereocenters. The molecule has 2 N–H and O–H groups in total. The SMILES string of the molecule is COc1ccc(CNC(=O)C/C(C)=N/NC(=O)OC(C)(C)C)cc1. The molecule has 7 heteroatoms. The van der Waals surface area contributed by atoms with Crippen molar-refractivity contribution in [1.29, 1.82) is 0 Å². The van der Waals surface area contributed by atoms with Crippen LogP contribution in [0.25, 0.3) is 0 Å². The van der Waals surface area contributed by atoms with E-state index in [1.807, 2.05) is 24.3 Å². The van der Waals surface area contributed by atoms with E-state index in [4.69, 9.17) is 9.47 Å². The summed E-state index contributed by atoms with van der Waals surface area (Å²) < 4.78 is 10.1. The molecule has 0 bridgehead atoms. The summed E-state index contributed by atoms with van der Waals surface area (Å²) in [5.74, 6) is 0.583. The molecule has 1 rings (SSSR count). The molecule has 0 saturated carbocycles. The van der Waals surface area contributed by atoms with E-state index in [1.54, 1.807) is 34.8 Å². The van der Waals surface area contributed by atoms with Gasteiger partial charge < -0.3 is 14.8 Å². The van der Waals surface area contributed by atoms with E-state index >= 15 is 0 Å². The number of benzene rings is 1. The molecule has 0 aliphatic heterocycles. The normalized spacial score (nSPS) is 11.6. The van der Waals surface area contributed by atoms with Crippen LogP contribution in [0.4, 0.5) is 4.79 Å². The van der Waals surface area contributed by atoms with Crippen LogP contribution < -0.4 is 15.5 Å². The maximum absolute atomic E-state index is 11.9. The number of nitrogens with one attached hydrogen (secondary N) is 2. The van der Waals surface area contributed by atoms with Crippen LogP contribution >= 0.6 is 0 Å². The van der Waals surface area contributed by atoms with Crippen molar-refractivity contribution in [3.05, 3.63) is 29.8 Å². The van der Waals surface area contributed by atoms with Gasteiger partial charge in [-0.25, -0.2) is 10.2 Å². The minimum Gasteiger partial charge on any atom is -0.497 e. The Balaban J connectivity index is 2.37. The highest BCUT2D eigenvalue weighted by molar-refractivity contribution is 5.99. The van der Waals surface area contributed by atoms with Gasteiger partial charge in [-0.2, -0.15) is 5.10 Å². The first-order valence-electron chi connectivity index (χ1n) is 7.61. The minimum atomic E-state index is -0.652. The molecule has 24 heavy (non-hydrogen) atoms. The number of carbonyl (C=O) groups excluding carboxylic acids is 2. The maximum Gasteiger partial charge on any atom is 0.428 e. The lowest BCUT2D eigenvalue weighted by Gasteiger charge is -2.18. The van der Waals surface area contributed by atoms with Crippen LogP contribution in [0, 0.1) is 0 Å². The number of methoxy groups -OCH3 is 1. The molecule has 0 spiro atoms. The van der Waals surface area contributed by atoms with Crippen molar-refractivity contribution in [1.82, 2.24) is 10.7 Å². The van der Waals surface area contributed by atoms with Crippen molar-refractivity contribution in [3.63, 3.8) is 0 Å². The Hall–Kier alpha value is -2.57. The summed E-state index contributed by atoms with van der Waals surface area (Å²) in [7, 11) is 1.60. The Morgan fingerprint density at radius 3 is 2.33 bits per heavy atom. The van der Waals surface area contributed by atoms with Crippen LogP contribution in [0.3, 0.4) is 0 Å². The molecule has 1 aromatic carbocycles. The second-order valence-corrected chi connectivity index (χ2v) is 6.26. The van der Waals surface area contributed by atoms with E-state index in [0.29, 0.717) is 12.3 Å². The summed E-state index contributed by atoms with van der Waals surface area (Å²) in [5.41, 5.74) is 3.11. The molecule has 0 fully saturated rings. The molecule has 0 atom stereocenters. The molecule has 0 aliphatic rings. The number of hydrogen-bond acceptors (Lipinski definition) is 5. The molecule has 0 saturated heterocycles. The van der Waals surface area contributed by atoms with Crippen molar-refractivity contribution >= 4 is 17.7 Å². The Morgan fingerprint density at radius 1 is 1.17 bits per heavy atom. The molecule has 0 radical (unpaired) electrons. The van der Waals surface area contributed by atoms with E-state index < -0.39 is 11.7 Å². The van der Waals surface area contributed by atoms with Crippen LogP contribution in [-0.4, -0.2) is 30.4 Å². The van der Waals surface area contributed by atoms with Gasteiger partial charge in [-0.1, -0.05) is 12.1 Å². The average Bonchev–Trinajstić information content (AvgIpc) is 2.50. The lowest BCUT2D eigenvalue weighted by atomic mass is 10.2. The summed E-state index contributed by atoms with van der Waals surface area (Å²) in [6.45, 7) is 7.35. The van der Waals surface area contributed by atoms with E-state index in [0.717, 1.165) is 11.3 Å². The summed E-state index contributed by atoms with van der Waals surface area (Å²) >= 11 is 0. The molecule has 0 aromatic heterocycles.